The van der Waals surface area contributed by atoms with Crippen LogP contribution in [0.1, 0.15) is 33.1 Å². The van der Waals surface area contributed by atoms with Gasteiger partial charge in [0.15, 0.2) is 0 Å². The Kier molecular flexibility index (Phi) is 5.93. The summed E-state index contributed by atoms with van der Waals surface area (Å²) in [5, 5.41) is 2.75. The van der Waals surface area contributed by atoms with E-state index in [9.17, 15) is 9.59 Å². The fraction of sp³-hybridized carbons (Fsp3) is 0.750. The van der Waals surface area contributed by atoms with Crippen LogP contribution in [0.15, 0.2) is 5.16 Å². The number of hydrogen-bond donors (Lipinski definition) is 0. The number of carbonyl (C=O) groups excluding carboxylic acids is 2. The fourth-order valence-electron chi connectivity index (χ4n) is 0.782. The highest BCUT2D eigenvalue weighted by Gasteiger charge is 2.13. The molecule has 0 aliphatic carbocycles. The smallest absolute Gasteiger partial charge is 0.306 e. The molecule has 0 rings (SSSR count). The maximum atomic E-state index is 10.9. The van der Waals surface area contributed by atoms with Crippen LogP contribution in [0.5, 0.6) is 0 Å². The van der Waals surface area contributed by atoms with Gasteiger partial charge in [-0.25, -0.2) is 9.59 Å². The second-order valence-electron chi connectivity index (χ2n) is 2.64. The summed E-state index contributed by atoms with van der Waals surface area (Å²) < 4.78 is 0. The molecule has 1 unspecified atom stereocenters. The molecule has 1 atom stereocenters. The topological polar surface area (TPSA) is 55.7 Å². The lowest BCUT2D eigenvalue weighted by Gasteiger charge is -2.04. The van der Waals surface area contributed by atoms with Crippen molar-refractivity contribution in [2.45, 2.75) is 33.1 Å². The molecule has 0 amide bonds. The second-order valence-corrected chi connectivity index (χ2v) is 2.64. The van der Waals surface area contributed by atoms with E-state index < -0.39 is 5.97 Å². The highest BCUT2D eigenvalue weighted by molar-refractivity contribution is 5.71. The second kappa shape index (κ2) is 6.55. The van der Waals surface area contributed by atoms with E-state index in [1.807, 2.05) is 6.92 Å². The Hall–Kier alpha value is -1.15. The first-order chi connectivity index (χ1) is 5.72. The number of nitrogens with zero attached hydrogens (tertiary/aromatic N) is 1. The quantitative estimate of drug-likeness (QED) is 0.273. The van der Waals surface area contributed by atoms with E-state index in [4.69, 9.17) is 0 Å². The largest absolute Gasteiger partial charge is 0.338 e. The number of carbonyl (C=O) groups is 1. The fourth-order valence-corrected chi connectivity index (χ4v) is 0.782. The van der Waals surface area contributed by atoms with Crippen LogP contribution >= 0.6 is 0 Å². The van der Waals surface area contributed by atoms with Crippen LogP contribution in [0.2, 0.25) is 0 Å². The van der Waals surface area contributed by atoms with Crippen molar-refractivity contribution >= 4 is 12.0 Å². The van der Waals surface area contributed by atoms with E-state index in [0.29, 0.717) is 0 Å². The molecule has 0 heterocycles. The van der Waals surface area contributed by atoms with Crippen LogP contribution in [0, 0.1) is 5.92 Å². The normalized spacial score (nSPS) is 11.5. The molecule has 0 bridgehead atoms. The van der Waals surface area contributed by atoms with Gasteiger partial charge in [0.05, 0.1) is 5.92 Å². The molecule has 0 fully saturated rings. The molecule has 4 heteroatoms. The van der Waals surface area contributed by atoms with Gasteiger partial charge in [-0.15, -0.1) is 0 Å². The minimum atomic E-state index is -0.466. The number of isocyanates is 1. The molecule has 0 saturated heterocycles. The first-order valence-corrected chi connectivity index (χ1v) is 4.00. The van der Waals surface area contributed by atoms with Crippen molar-refractivity contribution in [3.63, 3.8) is 0 Å². The third-order valence-corrected chi connectivity index (χ3v) is 1.57. The molecule has 0 spiro atoms. The number of rotatable bonds is 5. The van der Waals surface area contributed by atoms with Crippen LogP contribution in [0.4, 0.5) is 0 Å². The van der Waals surface area contributed by atoms with Crippen molar-refractivity contribution in [2.24, 2.45) is 11.1 Å². The molecule has 0 radical (unpaired) electrons. The molecule has 68 valence electrons. The van der Waals surface area contributed by atoms with Gasteiger partial charge in [-0.3, -0.25) is 0 Å². The predicted octanol–water partition coefficient (Wildman–Crippen LogP) is 1.61. The Morgan fingerprint density at radius 2 is 2.33 bits per heavy atom. The van der Waals surface area contributed by atoms with Crippen molar-refractivity contribution in [3.05, 3.63) is 0 Å². The zero-order valence-electron chi connectivity index (χ0n) is 7.37. The maximum absolute atomic E-state index is 10.9. The summed E-state index contributed by atoms with van der Waals surface area (Å²) in [7, 11) is 0. The van der Waals surface area contributed by atoms with E-state index in [1.165, 1.54) is 0 Å². The Labute approximate surface area is 71.6 Å². The Morgan fingerprint density at radius 3 is 2.83 bits per heavy atom. The van der Waals surface area contributed by atoms with Crippen molar-refractivity contribution in [3.8, 4) is 0 Å². The molecule has 0 N–H and O–H groups in total. The molecular weight excluding hydrogens is 158 g/mol. The molecule has 4 nitrogen and oxygen atoms in total. The minimum Gasteiger partial charge on any atom is -0.306 e. The first-order valence-electron chi connectivity index (χ1n) is 4.00. The highest BCUT2D eigenvalue weighted by atomic mass is 16.7. The van der Waals surface area contributed by atoms with Crippen LogP contribution in [0.25, 0.3) is 0 Å². The molecule has 0 aliphatic heterocycles. The SMILES string of the molecule is CCCCC(C)C(=O)ON=C=O. The van der Waals surface area contributed by atoms with Gasteiger partial charge in [0.1, 0.15) is 0 Å². The van der Waals surface area contributed by atoms with E-state index in [0.717, 1.165) is 25.3 Å². The molecule has 0 aromatic heterocycles. The average Bonchev–Trinajstić information content (AvgIpc) is 2.10. The summed E-state index contributed by atoms with van der Waals surface area (Å²) in [4.78, 5) is 24.7. The van der Waals surface area contributed by atoms with E-state index in [-0.39, 0.29) is 5.92 Å². The zero-order valence-corrected chi connectivity index (χ0v) is 7.37. The van der Waals surface area contributed by atoms with Crippen molar-refractivity contribution in [1.82, 2.24) is 0 Å². The van der Waals surface area contributed by atoms with Gasteiger partial charge in [0.2, 0.25) is 0 Å². The van der Waals surface area contributed by atoms with Gasteiger partial charge in [-0.05, 0) is 6.42 Å². The Balaban J connectivity index is 3.68. The van der Waals surface area contributed by atoms with E-state index in [2.05, 4.69) is 9.99 Å². The van der Waals surface area contributed by atoms with Gasteiger partial charge < -0.3 is 4.84 Å². The number of unbranched alkanes of at least 4 members (excludes halogenated alkanes) is 1. The third-order valence-electron chi connectivity index (χ3n) is 1.57. The summed E-state index contributed by atoms with van der Waals surface area (Å²) >= 11 is 0. The van der Waals surface area contributed by atoms with Gasteiger partial charge >= 0.3 is 5.97 Å². The van der Waals surface area contributed by atoms with Crippen LogP contribution in [-0.4, -0.2) is 12.0 Å². The molecule has 0 aromatic carbocycles. The molecule has 0 aliphatic rings. The van der Waals surface area contributed by atoms with Gasteiger partial charge in [-0.1, -0.05) is 26.7 Å². The summed E-state index contributed by atoms with van der Waals surface area (Å²) in [5.74, 6) is -0.658. The van der Waals surface area contributed by atoms with Crippen molar-refractivity contribution < 1.29 is 14.4 Å². The summed E-state index contributed by atoms with van der Waals surface area (Å²) in [6.07, 6.45) is 3.92. The number of hydrogen-bond acceptors (Lipinski definition) is 4. The van der Waals surface area contributed by atoms with E-state index in [1.54, 1.807) is 6.92 Å². The van der Waals surface area contributed by atoms with Crippen LogP contribution < -0.4 is 0 Å². The summed E-state index contributed by atoms with van der Waals surface area (Å²) in [6, 6.07) is 0. The molecule has 0 aromatic rings. The first kappa shape index (κ1) is 10.8. The molecule has 0 saturated carbocycles. The summed E-state index contributed by atoms with van der Waals surface area (Å²) in [6.45, 7) is 3.79. The lowest BCUT2D eigenvalue weighted by Crippen LogP contribution is -2.11. The average molecular weight is 171 g/mol. The zero-order chi connectivity index (χ0) is 9.40. The lowest BCUT2D eigenvalue weighted by molar-refractivity contribution is -0.148. The van der Waals surface area contributed by atoms with Crippen molar-refractivity contribution in [1.29, 1.82) is 0 Å². The van der Waals surface area contributed by atoms with Crippen LogP contribution in [-0.2, 0) is 14.4 Å². The summed E-state index contributed by atoms with van der Waals surface area (Å²) in [5.41, 5.74) is 0. The monoisotopic (exact) mass is 171 g/mol. The van der Waals surface area contributed by atoms with Gasteiger partial charge in [-0.2, -0.15) is 0 Å². The van der Waals surface area contributed by atoms with Gasteiger partial charge in [0, 0.05) is 5.16 Å². The Bertz CT molecular complexity index is 185. The molecular formula is C8H13NO3. The predicted molar refractivity (Wildman–Crippen MR) is 42.9 cm³/mol. The van der Waals surface area contributed by atoms with Crippen molar-refractivity contribution in [2.75, 3.05) is 0 Å². The highest BCUT2D eigenvalue weighted by Crippen LogP contribution is 2.09. The van der Waals surface area contributed by atoms with Crippen LogP contribution in [0.3, 0.4) is 0 Å². The third kappa shape index (κ3) is 4.63. The minimum absolute atomic E-state index is 0.193. The Morgan fingerprint density at radius 1 is 1.67 bits per heavy atom. The molecule has 12 heavy (non-hydrogen) atoms. The van der Waals surface area contributed by atoms with Gasteiger partial charge in [0.25, 0.3) is 6.08 Å². The lowest BCUT2D eigenvalue weighted by atomic mass is 10.1. The van der Waals surface area contributed by atoms with E-state index >= 15 is 0 Å². The maximum Gasteiger partial charge on any atom is 0.338 e. The standard InChI is InChI=1S/C8H13NO3/c1-3-4-5-7(2)8(11)12-9-6-10/h7H,3-5H2,1-2H3.